The van der Waals surface area contributed by atoms with Crippen molar-refractivity contribution in [3.63, 3.8) is 0 Å². The van der Waals surface area contributed by atoms with Crippen LogP contribution in [0.25, 0.3) is 0 Å². The Labute approximate surface area is 100 Å². The number of hydrogen-bond donors (Lipinski definition) is 2. The topological polar surface area (TPSA) is 86.0 Å². The molecule has 1 aromatic heterocycles. The molecule has 0 saturated heterocycles. The smallest absolute Gasteiger partial charge is 0.305 e. The first kappa shape index (κ1) is 13.0. The van der Waals surface area contributed by atoms with E-state index in [1.165, 1.54) is 6.20 Å². The molecule has 0 aromatic carbocycles. The molecule has 0 aliphatic heterocycles. The number of rotatable bonds is 5. The second-order valence-corrected chi connectivity index (χ2v) is 4.14. The summed E-state index contributed by atoms with van der Waals surface area (Å²) in [7, 11) is 0. The summed E-state index contributed by atoms with van der Waals surface area (Å²) < 4.78 is 0. The third-order valence-electron chi connectivity index (χ3n) is 2.43. The molecule has 1 rings (SSSR count). The number of carbonyl (C=O) groups is 1. The standard InChI is InChI=1S/C12H15N3O2/c1-8(2)11(5-12(16)17)15-10-4-3-9(6-13)14-7-10/h3-4,7-8,11,15H,5H2,1-2H3,(H,16,17). The molecule has 1 aromatic rings. The molecule has 0 spiro atoms. The number of nitrogens with zero attached hydrogens (tertiary/aromatic N) is 2. The maximum Gasteiger partial charge on any atom is 0.305 e. The maximum absolute atomic E-state index is 10.7. The summed E-state index contributed by atoms with van der Waals surface area (Å²) in [5, 5.41) is 20.5. The molecule has 5 nitrogen and oxygen atoms in total. The summed E-state index contributed by atoms with van der Waals surface area (Å²) in [5.41, 5.74) is 1.07. The minimum Gasteiger partial charge on any atom is -0.481 e. The lowest BCUT2D eigenvalue weighted by Gasteiger charge is -2.21. The van der Waals surface area contributed by atoms with Crippen molar-refractivity contribution < 1.29 is 9.90 Å². The lowest BCUT2D eigenvalue weighted by molar-refractivity contribution is -0.137. The van der Waals surface area contributed by atoms with Crippen LogP contribution in [0, 0.1) is 17.2 Å². The molecule has 0 aliphatic rings. The van der Waals surface area contributed by atoms with Gasteiger partial charge in [-0.1, -0.05) is 13.8 Å². The summed E-state index contributed by atoms with van der Waals surface area (Å²) in [6, 6.07) is 5.10. The van der Waals surface area contributed by atoms with Gasteiger partial charge in [-0.25, -0.2) is 4.98 Å². The fraction of sp³-hybridized carbons (Fsp3) is 0.417. The van der Waals surface area contributed by atoms with E-state index in [1.54, 1.807) is 12.1 Å². The molecule has 0 amide bonds. The first-order valence-electron chi connectivity index (χ1n) is 5.37. The molecule has 1 heterocycles. The number of aliphatic carboxylic acids is 1. The molecule has 0 aliphatic carbocycles. The van der Waals surface area contributed by atoms with Crippen LogP contribution < -0.4 is 5.32 Å². The van der Waals surface area contributed by atoms with Gasteiger partial charge in [0.2, 0.25) is 0 Å². The summed E-state index contributed by atoms with van der Waals surface area (Å²) in [5.74, 6) is -0.639. The van der Waals surface area contributed by atoms with E-state index in [4.69, 9.17) is 10.4 Å². The Morgan fingerprint density at radius 2 is 2.29 bits per heavy atom. The minimum atomic E-state index is -0.835. The molecule has 17 heavy (non-hydrogen) atoms. The molecule has 0 fully saturated rings. The van der Waals surface area contributed by atoms with Gasteiger partial charge in [-0.2, -0.15) is 5.26 Å². The van der Waals surface area contributed by atoms with Crippen LogP contribution in [0.1, 0.15) is 26.0 Å². The fourth-order valence-electron chi connectivity index (χ4n) is 1.40. The molecule has 2 N–H and O–H groups in total. The Hall–Kier alpha value is -2.09. The third kappa shape index (κ3) is 4.11. The van der Waals surface area contributed by atoms with Crippen molar-refractivity contribution in [3.8, 4) is 6.07 Å². The van der Waals surface area contributed by atoms with Crippen LogP contribution in [0.3, 0.4) is 0 Å². The van der Waals surface area contributed by atoms with E-state index in [2.05, 4.69) is 10.3 Å². The van der Waals surface area contributed by atoms with Crippen LogP contribution in [0.2, 0.25) is 0 Å². The highest BCUT2D eigenvalue weighted by molar-refractivity contribution is 5.68. The van der Waals surface area contributed by atoms with Gasteiger partial charge in [0.1, 0.15) is 11.8 Å². The Balaban J connectivity index is 2.72. The molecular formula is C12H15N3O2. The number of nitrogens with one attached hydrogen (secondary N) is 1. The largest absolute Gasteiger partial charge is 0.481 e. The van der Waals surface area contributed by atoms with Gasteiger partial charge in [0.25, 0.3) is 0 Å². The molecule has 0 radical (unpaired) electrons. The van der Waals surface area contributed by atoms with Gasteiger partial charge in [-0.15, -0.1) is 0 Å². The number of hydrogen-bond acceptors (Lipinski definition) is 4. The number of aromatic nitrogens is 1. The lowest BCUT2D eigenvalue weighted by atomic mass is 10.0. The third-order valence-corrected chi connectivity index (χ3v) is 2.43. The number of pyridine rings is 1. The normalized spacial score (nSPS) is 11.9. The van der Waals surface area contributed by atoms with E-state index < -0.39 is 5.97 Å². The predicted octanol–water partition coefficient (Wildman–Crippen LogP) is 1.86. The fourth-order valence-corrected chi connectivity index (χ4v) is 1.40. The predicted molar refractivity (Wildman–Crippen MR) is 63.5 cm³/mol. The van der Waals surface area contributed by atoms with Gasteiger partial charge in [-0.05, 0) is 18.1 Å². The Morgan fingerprint density at radius 3 is 2.71 bits per heavy atom. The molecular weight excluding hydrogens is 218 g/mol. The van der Waals surface area contributed by atoms with Gasteiger partial charge >= 0.3 is 5.97 Å². The van der Waals surface area contributed by atoms with Crippen molar-refractivity contribution in [3.05, 3.63) is 24.0 Å². The summed E-state index contributed by atoms with van der Waals surface area (Å²) in [6.45, 7) is 3.91. The molecule has 90 valence electrons. The zero-order chi connectivity index (χ0) is 12.8. The van der Waals surface area contributed by atoms with Crippen molar-refractivity contribution in [2.24, 2.45) is 5.92 Å². The van der Waals surface area contributed by atoms with Crippen LogP contribution in [0.15, 0.2) is 18.3 Å². The van der Waals surface area contributed by atoms with Crippen molar-refractivity contribution in [1.82, 2.24) is 4.98 Å². The minimum absolute atomic E-state index is 0.0532. The quantitative estimate of drug-likeness (QED) is 0.810. The van der Waals surface area contributed by atoms with Gasteiger partial charge in [0, 0.05) is 6.04 Å². The average molecular weight is 233 g/mol. The highest BCUT2D eigenvalue weighted by Crippen LogP contribution is 2.14. The van der Waals surface area contributed by atoms with Crippen LogP contribution in [0.4, 0.5) is 5.69 Å². The van der Waals surface area contributed by atoms with Gasteiger partial charge in [0.15, 0.2) is 0 Å². The van der Waals surface area contributed by atoms with E-state index in [0.29, 0.717) is 5.69 Å². The highest BCUT2D eigenvalue weighted by Gasteiger charge is 2.16. The molecule has 5 heteroatoms. The Bertz CT molecular complexity index is 420. The first-order chi connectivity index (χ1) is 8.02. The molecule has 0 bridgehead atoms. The van der Waals surface area contributed by atoms with Crippen LogP contribution >= 0.6 is 0 Å². The second kappa shape index (κ2) is 5.85. The van der Waals surface area contributed by atoms with Crippen LogP contribution in [-0.2, 0) is 4.79 Å². The zero-order valence-electron chi connectivity index (χ0n) is 9.84. The van der Waals surface area contributed by atoms with Crippen molar-refractivity contribution in [1.29, 1.82) is 5.26 Å². The highest BCUT2D eigenvalue weighted by atomic mass is 16.4. The van der Waals surface area contributed by atoms with Gasteiger partial charge in [-0.3, -0.25) is 4.79 Å². The van der Waals surface area contributed by atoms with Crippen LogP contribution in [-0.4, -0.2) is 22.1 Å². The number of nitriles is 1. The summed E-state index contributed by atoms with van der Waals surface area (Å²) in [4.78, 5) is 14.6. The number of carboxylic acids is 1. The molecule has 0 saturated carbocycles. The van der Waals surface area contributed by atoms with Gasteiger partial charge < -0.3 is 10.4 Å². The summed E-state index contributed by atoms with van der Waals surface area (Å²) in [6.07, 6.45) is 1.59. The summed E-state index contributed by atoms with van der Waals surface area (Å²) >= 11 is 0. The van der Waals surface area contributed by atoms with Crippen molar-refractivity contribution in [2.75, 3.05) is 5.32 Å². The SMILES string of the molecule is CC(C)C(CC(=O)O)Nc1ccc(C#N)nc1. The van der Waals surface area contributed by atoms with Gasteiger partial charge in [0.05, 0.1) is 18.3 Å². The van der Waals surface area contributed by atoms with E-state index in [-0.39, 0.29) is 18.4 Å². The Morgan fingerprint density at radius 1 is 1.59 bits per heavy atom. The van der Waals surface area contributed by atoms with E-state index in [9.17, 15) is 4.79 Å². The Kier molecular flexibility index (Phi) is 4.46. The first-order valence-corrected chi connectivity index (χ1v) is 5.37. The number of anilines is 1. The van der Waals surface area contributed by atoms with E-state index >= 15 is 0 Å². The van der Waals surface area contributed by atoms with E-state index in [0.717, 1.165) is 5.69 Å². The lowest BCUT2D eigenvalue weighted by Crippen LogP contribution is -2.28. The number of carboxylic acid groups (broad SMARTS) is 1. The monoisotopic (exact) mass is 233 g/mol. The van der Waals surface area contributed by atoms with Crippen LogP contribution in [0.5, 0.6) is 0 Å². The average Bonchev–Trinajstić information content (AvgIpc) is 2.28. The zero-order valence-corrected chi connectivity index (χ0v) is 9.84. The van der Waals surface area contributed by atoms with Crippen molar-refractivity contribution >= 4 is 11.7 Å². The molecule has 1 unspecified atom stereocenters. The second-order valence-electron chi connectivity index (χ2n) is 4.14. The van der Waals surface area contributed by atoms with Crippen molar-refractivity contribution in [2.45, 2.75) is 26.3 Å². The molecule has 1 atom stereocenters. The van der Waals surface area contributed by atoms with E-state index in [1.807, 2.05) is 19.9 Å². The maximum atomic E-state index is 10.7.